The van der Waals surface area contributed by atoms with Crippen molar-refractivity contribution in [2.75, 3.05) is 0 Å². The average molecular weight is 146 g/mol. The van der Waals surface area contributed by atoms with Gasteiger partial charge in [-0.1, -0.05) is 0 Å². The van der Waals surface area contributed by atoms with Crippen molar-refractivity contribution >= 4 is 5.97 Å². The van der Waals surface area contributed by atoms with E-state index >= 15 is 0 Å². The van der Waals surface area contributed by atoms with Gasteiger partial charge in [-0.25, -0.2) is 0 Å². The number of aliphatic hydroxyl groups is 2. The Morgan fingerprint density at radius 2 is 1.90 bits per heavy atom. The summed E-state index contributed by atoms with van der Waals surface area (Å²) in [5.74, 6) is -1.79. The molecule has 1 saturated carbocycles. The number of hydrogen-bond acceptors (Lipinski definition) is 3. The lowest BCUT2D eigenvalue weighted by molar-refractivity contribution is -0.145. The smallest absolute Gasteiger partial charge is 0.309 e. The summed E-state index contributed by atoms with van der Waals surface area (Å²) < 4.78 is 0. The van der Waals surface area contributed by atoms with Gasteiger partial charge in [-0.15, -0.1) is 0 Å². The third-order valence-corrected chi connectivity index (χ3v) is 1.90. The maximum atomic E-state index is 10.3. The van der Waals surface area contributed by atoms with E-state index in [1.165, 1.54) is 0 Å². The van der Waals surface area contributed by atoms with Crippen LogP contribution in [0.3, 0.4) is 0 Å². The zero-order chi connectivity index (χ0) is 7.72. The molecule has 0 aliphatic heterocycles. The molecular weight excluding hydrogens is 136 g/mol. The summed E-state index contributed by atoms with van der Waals surface area (Å²) in [5, 5.41) is 26.3. The van der Waals surface area contributed by atoms with Crippen molar-refractivity contribution < 1.29 is 20.1 Å². The molecule has 0 bridgehead atoms. The van der Waals surface area contributed by atoms with Crippen molar-refractivity contribution in [1.29, 1.82) is 0 Å². The molecule has 0 saturated heterocycles. The first-order valence-corrected chi connectivity index (χ1v) is 3.22. The zero-order valence-electron chi connectivity index (χ0n) is 5.40. The van der Waals surface area contributed by atoms with Crippen molar-refractivity contribution in [3.63, 3.8) is 0 Å². The van der Waals surface area contributed by atoms with Gasteiger partial charge in [0.1, 0.15) is 0 Å². The highest BCUT2D eigenvalue weighted by Gasteiger charge is 2.37. The minimum atomic E-state index is -1.07. The number of hydrogen-bond donors (Lipinski definition) is 3. The second kappa shape index (κ2) is 2.56. The Balaban J connectivity index is 2.57. The van der Waals surface area contributed by atoms with Crippen LogP contribution in [-0.2, 0) is 4.79 Å². The van der Waals surface area contributed by atoms with Gasteiger partial charge in [-0.2, -0.15) is 0 Å². The SMILES string of the molecule is O=C(O)[C@@H]1CC[C@H](O)[C@H]1O. The van der Waals surface area contributed by atoms with E-state index in [1.54, 1.807) is 0 Å². The molecule has 0 radical (unpaired) electrons. The summed E-state index contributed by atoms with van der Waals surface area (Å²) in [4.78, 5) is 10.3. The molecule has 1 fully saturated rings. The third-order valence-electron chi connectivity index (χ3n) is 1.90. The van der Waals surface area contributed by atoms with Crippen LogP contribution in [0.1, 0.15) is 12.8 Å². The number of aliphatic carboxylic acids is 1. The van der Waals surface area contributed by atoms with E-state index in [1.807, 2.05) is 0 Å². The van der Waals surface area contributed by atoms with Crippen LogP contribution in [0.5, 0.6) is 0 Å². The van der Waals surface area contributed by atoms with Crippen LogP contribution in [0.15, 0.2) is 0 Å². The molecule has 0 aromatic heterocycles. The summed E-state index contributed by atoms with van der Waals surface area (Å²) in [7, 11) is 0. The molecule has 0 aromatic carbocycles. The van der Waals surface area contributed by atoms with Gasteiger partial charge < -0.3 is 15.3 Å². The minimum absolute atomic E-state index is 0.373. The van der Waals surface area contributed by atoms with Crippen molar-refractivity contribution in [2.24, 2.45) is 5.92 Å². The fourth-order valence-corrected chi connectivity index (χ4v) is 1.23. The fourth-order valence-electron chi connectivity index (χ4n) is 1.23. The van der Waals surface area contributed by atoms with E-state index < -0.39 is 24.1 Å². The molecule has 58 valence electrons. The number of rotatable bonds is 1. The summed E-state index contributed by atoms with van der Waals surface area (Å²) >= 11 is 0. The van der Waals surface area contributed by atoms with E-state index in [0.29, 0.717) is 12.8 Å². The van der Waals surface area contributed by atoms with Crippen LogP contribution < -0.4 is 0 Å². The quantitative estimate of drug-likeness (QED) is 0.452. The van der Waals surface area contributed by atoms with Gasteiger partial charge in [0.05, 0.1) is 18.1 Å². The van der Waals surface area contributed by atoms with Gasteiger partial charge in [0.2, 0.25) is 0 Å². The lowest BCUT2D eigenvalue weighted by atomic mass is 10.1. The Bertz CT molecular complexity index is 145. The Labute approximate surface area is 58.1 Å². The second-order valence-corrected chi connectivity index (χ2v) is 2.58. The predicted molar refractivity (Wildman–Crippen MR) is 32.4 cm³/mol. The molecule has 3 atom stereocenters. The highest BCUT2D eigenvalue weighted by molar-refractivity contribution is 5.71. The molecule has 3 N–H and O–H groups in total. The van der Waals surface area contributed by atoms with E-state index in [2.05, 4.69) is 0 Å². The Morgan fingerprint density at radius 3 is 2.10 bits per heavy atom. The van der Waals surface area contributed by atoms with E-state index in [0.717, 1.165) is 0 Å². The topological polar surface area (TPSA) is 77.8 Å². The van der Waals surface area contributed by atoms with E-state index in [4.69, 9.17) is 15.3 Å². The monoisotopic (exact) mass is 146 g/mol. The molecular formula is C6H10O4. The predicted octanol–water partition coefficient (Wildman–Crippen LogP) is -0.797. The van der Waals surface area contributed by atoms with Gasteiger partial charge in [0, 0.05) is 0 Å². The average Bonchev–Trinajstić information content (AvgIpc) is 2.14. The highest BCUT2D eigenvalue weighted by atomic mass is 16.4. The largest absolute Gasteiger partial charge is 0.481 e. The summed E-state index contributed by atoms with van der Waals surface area (Å²) in [6, 6.07) is 0. The number of carboxylic acid groups (broad SMARTS) is 1. The second-order valence-electron chi connectivity index (χ2n) is 2.58. The van der Waals surface area contributed by atoms with Crippen molar-refractivity contribution in [2.45, 2.75) is 25.0 Å². The number of aliphatic hydroxyl groups excluding tert-OH is 2. The molecule has 0 spiro atoms. The van der Waals surface area contributed by atoms with E-state index in [-0.39, 0.29) is 0 Å². The maximum Gasteiger partial charge on any atom is 0.309 e. The van der Waals surface area contributed by atoms with Crippen molar-refractivity contribution in [3.05, 3.63) is 0 Å². The highest BCUT2D eigenvalue weighted by Crippen LogP contribution is 2.25. The van der Waals surface area contributed by atoms with Crippen LogP contribution in [0.4, 0.5) is 0 Å². The van der Waals surface area contributed by atoms with Crippen LogP contribution in [0.25, 0.3) is 0 Å². The van der Waals surface area contributed by atoms with Crippen LogP contribution in [-0.4, -0.2) is 33.5 Å². The normalized spacial score (nSPS) is 40.0. The van der Waals surface area contributed by atoms with E-state index in [9.17, 15) is 4.79 Å². The minimum Gasteiger partial charge on any atom is -0.481 e. The fraction of sp³-hybridized carbons (Fsp3) is 0.833. The Kier molecular flexibility index (Phi) is 1.92. The molecule has 4 heteroatoms. The molecule has 1 rings (SSSR count). The molecule has 0 amide bonds. The van der Waals surface area contributed by atoms with Crippen LogP contribution in [0.2, 0.25) is 0 Å². The molecule has 0 heterocycles. The first-order valence-electron chi connectivity index (χ1n) is 3.22. The number of carbonyl (C=O) groups is 1. The summed E-state index contributed by atoms with van der Waals surface area (Å²) in [6.45, 7) is 0. The molecule has 1 aliphatic rings. The lowest BCUT2D eigenvalue weighted by Crippen LogP contribution is -2.29. The third kappa shape index (κ3) is 1.12. The molecule has 0 aromatic rings. The Morgan fingerprint density at radius 1 is 1.30 bits per heavy atom. The molecule has 1 aliphatic carbocycles. The molecule has 10 heavy (non-hydrogen) atoms. The van der Waals surface area contributed by atoms with Crippen molar-refractivity contribution in [3.8, 4) is 0 Å². The lowest BCUT2D eigenvalue weighted by Gasteiger charge is -2.10. The first-order chi connectivity index (χ1) is 4.63. The van der Waals surface area contributed by atoms with Crippen LogP contribution in [0, 0.1) is 5.92 Å². The Hall–Kier alpha value is -0.610. The van der Waals surface area contributed by atoms with Crippen molar-refractivity contribution in [1.82, 2.24) is 0 Å². The number of carboxylic acids is 1. The first kappa shape index (κ1) is 7.50. The van der Waals surface area contributed by atoms with Crippen LogP contribution >= 0.6 is 0 Å². The summed E-state index contributed by atoms with van der Waals surface area (Å²) in [6.07, 6.45) is -1.16. The zero-order valence-corrected chi connectivity index (χ0v) is 5.40. The van der Waals surface area contributed by atoms with Gasteiger partial charge >= 0.3 is 5.97 Å². The molecule has 4 nitrogen and oxygen atoms in total. The van der Waals surface area contributed by atoms with Gasteiger partial charge in [-0.05, 0) is 12.8 Å². The van der Waals surface area contributed by atoms with Gasteiger partial charge in [-0.3, -0.25) is 4.79 Å². The standard InChI is InChI=1S/C6H10O4/c7-4-2-1-3(5(4)8)6(9)10/h3-5,7-8H,1-2H2,(H,9,10)/t3-,4+,5+/m1/s1. The maximum absolute atomic E-state index is 10.3. The summed E-state index contributed by atoms with van der Waals surface area (Å²) in [5.41, 5.74) is 0. The van der Waals surface area contributed by atoms with Gasteiger partial charge in [0.25, 0.3) is 0 Å². The molecule has 0 unspecified atom stereocenters. The van der Waals surface area contributed by atoms with Gasteiger partial charge in [0.15, 0.2) is 0 Å².